The Morgan fingerprint density at radius 3 is 2.24 bits per heavy atom. The van der Waals surface area contributed by atoms with Gasteiger partial charge in [0.15, 0.2) is 18.8 Å². The number of aliphatic hydroxyl groups is 2. The Labute approximate surface area is 283 Å². The number of hydrogen-bond acceptors (Lipinski definition) is 12. The highest BCUT2D eigenvalue weighted by Gasteiger charge is 2.51. The van der Waals surface area contributed by atoms with Crippen molar-refractivity contribution in [3.8, 4) is 5.75 Å². The molecule has 2 N–H and O–H groups in total. The van der Waals surface area contributed by atoms with Crippen LogP contribution in [0.15, 0.2) is 54.6 Å². The van der Waals surface area contributed by atoms with Gasteiger partial charge < -0.3 is 38.7 Å². The predicted octanol–water partition coefficient (Wildman–Crippen LogP) is 4.12. The molecule has 1 aliphatic carbocycles. The van der Waals surface area contributed by atoms with Gasteiger partial charge in [-0.15, -0.1) is 10.1 Å². The van der Waals surface area contributed by atoms with E-state index >= 15 is 0 Å². The summed E-state index contributed by atoms with van der Waals surface area (Å²) in [7, 11) is 0. The van der Waals surface area contributed by atoms with Crippen LogP contribution in [0.2, 0.25) is 0 Å². The van der Waals surface area contributed by atoms with Gasteiger partial charge in [-0.05, 0) is 56.2 Å². The van der Waals surface area contributed by atoms with E-state index in [1.54, 1.807) is 30.3 Å². The van der Waals surface area contributed by atoms with Crippen LogP contribution in [0.25, 0.3) is 0 Å². The zero-order chi connectivity index (χ0) is 35.2. The molecule has 8 atom stereocenters. The average Bonchev–Trinajstić information content (AvgIpc) is 3.73. The van der Waals surface area contributed by atoms with Crippen molar-refractivity contribution in [3.63, 3.8) is 0 Å². The number of esters is 2. The van der Waals surface area contributed by atoms with Gasteiger partial charge in [0, 0.05) is 25.2 Å². The quantitative estimate of drug-likeness (QED) is 0.0657. The van der Waals surface area contributed by atoms with Crippen LogP contribution in [0, 0.1) is 22.0 Å². The molecule has 0 radical (unpaired) electrons. The first-order valence-corrected chi connectivity index (χ1v) is 16.7. The lowest BCUT2D eigenvalue weighted by Crippen LogP contribution is -2.35. The maximum absolute atomic E-state index is 14.5. The molecular formula is C34H45F2NO12. The molecule has 0 amide bonds. The molecule has 272 valence electrons. The van der Waals surface area contributed by atoms with Crippen LogP contribution >= 0.6 is 0 Å². The summed E-state index contributed by atoms with van der Waals surface area (Å²) in [5, 5.41) is 30.2. The van der Waals surface area contributed by atoms with Gasteiger partial charge in [0.05, 0.1) is 32.0 Å². The highest BCUT2D eigenvalue weighted by Crippen LogP contribution is 2.37. The molecule has 2 aliphatic heterocycles. The smallest absolute Gasteiger partial charge is 0.306 e. The Hall–Kier alpha value is -3.66. The van der Waals surface area contributed by atoms with Crippen molar-refractivity contribution < 1.29 is 62.2 Å². The minimum Gasteiger partial charge on any atom is -0.487 e. The predicted molar refractivity (Wildman–Crippen MR) is 168 cm³/mol. The topological polar surface area (TPSA) is 173 Å². The monoisotopic (exact) mass is 697 g/mol. The highest BCUT2D eigenvalue weighted by molar-refractivity contribution is 5.70. The summed E-state index contributed by atoms with van der Waals surface area (Å²) in [6.07, 6.45) is 4.83. The molecule has 0 bridgehead atoms. The Bertz CT molecular complexity index is 1260. The number of unbranched alkanes of at least 4 members (excludes halogenated alkanes) is 3. The first-order chi connectivity index (χ1) is 23.5. The van der Waals surface area contributed by atoms with E-state index in [4.69, 9.17) is 23.7 Å². The molecule has 1 unspecified atom stereocenters. The molecule has 4 rings (SSSR count). The molecule has 15 heteroatoms. The number of halogens is 2. The molecule has 1 saturated carbocycles. The molecule has 2 saturated heterocycles. The second kappa shape index (κ2) is 18.9. The number of carbonyl (C=O) groups is 2. The fourth-order valence-electron chi connectivity index (χ4n) is 6.21. The Kier molecular flexibility index (Phi) is 14.7. The number of para-hydroxylation sites is 1. The maximum Gasteiger partial charge on any atom is 0.306 e. The standard InChI is InChI=1S/C34H45F2NO12/c35-34(36,22-46-23-11-5-3-6-12-23)17-16-25-24(26(38)19-27(25)39)13-7-1-2-8-14-30(40)48-28-20-44-33-29(21-45-32(28)33)49-31(41)15-9-4-10-18-47-37(42)43/h1,3,5-7,11-12,16-17,24-29,32-33,38-39H,2,4,8-10,13-15,18-22H2/b7-1-,17-16+/t24-,25-,26+,27-,28?,29-,32-,33-/m1/s1. The minimum atomic E-state index is -3.26. The van der Waals surface area contributed by atoms with Crippen LogP contribution < -0.4 is 4.74 Å². The van der Waals surface area contributed by atoms with Gasteiger partial charge >= 0.3 is 11.9 Å². The van der Waals surface area contributed by atoms with E-state index in [1.165, 1.54) is 6.08 Å². The van der Waals surface area contributed by atoms with Crippen molar-refractivity contribution in [2.75, 3.05) is 26.4 Å². The summed E-state index contributed by atoms with van der Waals surface area (Å²) in [5.41, 5.74) is 0. The summed E-state index contributed by atoms with van der Waals surface area (Å²) in [6, 6.07) is 8.29. The van der Waals surface area contributed by atoms with Crippen LogP contribution in [0.1, 0.15) is 57.8 Å². The van der Waals surface area contributed by atoms with Crippen molar-refractivity contribution in [3.05, 3.63) is 64.8 Å². The van der Waals surface area contributed by atoms with Crippen LogP contribution in [0.4, 0.5) is 8.78 Å². The fourth-order valence-corrected chi connectivity index (χ4v) is 6.21. The molecule has 0 aromatic heterocycles. The first-order valence-electron chi connectivity index (χ1n) is 16.7. The van der Waals surface area contributed by atoms with Gasteiger partial charge in [-0.1, -0.05) is 42.8 Å². The third kappa shape index (κ3) is 12.3. The average molecular weight is 698 g/mol. The number of ether oxygens (including phenoxy) is 5. The Balaban J connectivity index is 1.11. The molecule has 1 aromatic rings. The van der Waals surface area contributed by atoms with E-state index in [2.05, 4.69) is 4.84 Å². The molecule has 13 nitrogen and oxygen atoms in total. The molecule has 0 spiro atoms. The van der Waals surface area contributed by atoms with Crippen molar-refractivity contribution >= 4 is 11.9 Å². The number of fused-ring (bicyclic) bond motifs is 1. The summed E-state index contributed by atoms with van der Waals surface area (Å²) >= 11 is 0. The van der Waals surface area contributed by atoms with E-state index < -0.39 is 78.0 Å². The second-order valence-corrected chi connectivity index (χ2v) is 12.5. The normalized spacial score (nSPS) is 28.2. The number of carbonyl (C=O) groups excluding carboxylic acids is 2. The number of allylic oxidation sites excluding steroid dienone is 2. The van der Waals surface area contributed by atoms with E-state index in [1.807, 2.05) is 12.2 Å². The Morgan fingerprint density at radius 2 is 1.59 bits per heavy atom. The van der Waals surface area contributed by atoms with Crippen LogP contribution in [-0.4, -0.2) is 96.2 Å². The number of nitrogens with zero attached hydrogens (tertiary/aromatic N) is 1. The highest BCUT2D eigenvalue weighted by atomic mass is 19.3. The lowest BCUT2D eigenvalue weighted by Gasteiger charge is -2.20. The third-order valence-electron chi connectivity index (χ3n) is 8.73. The summed E-state index contributed by atoms with van der Waals surface area (Å²) in [6.45, 7) is -0.641. The van der Waals surface area contributed by atoms with Gasteiger partial charge in [-0.3, -0.25) is 9.59 Å². The lowest BCUT2D eigenvalue weighted by molar-refractivity contribution is -0.757. The summed E-state index contributed by atoms with van der Waals surface area (Å²) < 4.78 is 56.6. The molecule has 1 aromatic carbocycles. The second-order valence-electron chi connectivity index (χ2n) is 12.5. The van der Waals surface area contributed by atoms with Gasteiger partial charge in [0.1, 0.15) is 18.0 Å². The zero-order valence-electron chi connectivity index (χ0n) is 27.2. The fraction of sp³-hybridized carbons (Fsp3) is 0.647. The number of aliphatic hydroxyl groups excluding tert-OH is 2. The van der Waals surface area contributed by atoms with E-state index in [0.717, 1.165) is 6.08 Å². The molecular weight excluding hydrogens is 652 g/mol. The van der Waals surface area contributed by atoms with Crippen LogP contribution in [-0.2, 0) is 33.4 Å². The van der Waals surface area contributed by atoms with E-state index in [0.29, 0.717) is 44.3 Å². The zero-order valence-corrected chi connectivity index (χ0v) is 27.2. The summed E-state index contributed by atoms with van der Waals surface area (Å²) in [5.74, 6) is -4.88. The SMILES string of the molecule is O=C(CCC/C=C\C[C@@H]1[C@@H](/C=C/C(F)(F)COc2ccccc2)[C@H](O)C[C@@H]1O)OC1CO[C@H]2[C@@H]1OC[C@H]2OC(=O)CCCCCO[N+](=O)[O-]. The van der Waals surface area contributed by atoms with E-state index in [-0.39, 0.29) is 39.1 Å². The van der Waals surface area contributed by atoms with Crippen molar-refractivity contribution in [2.45, 2.75) is 100 Å². The van der Waals surface area contributed by atoms with Crippen molar-refractivity contribution in [2.24, 2.45) is 11.8 Å². The molecule has 2 heterocycles. The van der Waals surface area contributed by atoms with Gasteiger partial charge in [-0.2, -0.15) is 8.78 Å². The number of hydrogen-bond donors (Lipinski definition) is 2. The lowest BCUT2D eigenvalue weighted by atomic mass is 9.89. The summed E-state index contributed by atoms with van der Waals surface area (Å²) in [4.78, 5) is 39.1. The molecule has 3 aliphatic rings. The van der Waals surface area contributed by atoms with Crippen molar-refractivity contribution in [1.29, 1.82) is 0 Å². The Morgan fingerprint density at radius 1 is 0.939 bits per heavy atom. The van der Waals surface area contributed by atoms with E-state index in [9.17, 15) is 38.7 Å². The van der Waals surface area contributed by atoms with Gasteiger partial charge in [0.2, 0.25) is 0 Å². The number of alkyl halides is 2. The van der Waals surface area contributed by atoms with Crippen molar-refractivity contribution in [1.82, 2.24) is 0 Å². The van der Waals surface area contributed by atoms with Crippen LogP contribution in [0.3, 0.4) is 0 Å². The molecule has 3 fully saturated rings. The maximum atomic E-state index is 14.5. The minimum absolute atomic E-state index is 0.0241. The van der Waals surface area contributed by atoms with Gasteiger partial charge in [-0.25, -0.2) is 0 Å². The molecule has 49 heavy (non-hydrogen) atoms. The first kappa shape index (κ1) is 38.1. The van der Waals surface area contributed by atoms with Gasteiger partial charge in [0.25, 0.3) is 11.0 Å². The number of rotatable bonds is 20. The number of benzene rings is 1. The third-order valence-corrected chi connectivity index (χ3v) is 8.73. The largest absolute Gasteiger partial charge is 0.487 e. The van der Waals surface area contributed by atoms with Crippen LogP contribution in [0.5, 0.6) is 5.75 Å².